The molecule has 2 aromatic carbocycles. The predicted octanol–water partition coefficient (Wildman–Crippen LogP) is 6.43. The highest BCUT2D eigenvalue weighted by Gasteiger charge is 2.39. The number of hydrogen-bond acceptors (Lipinski definition) is 3. The topological polar surface area (TPSA) is 24.8 Å². The molecule has 0 radical (unpaired) electrons. The van der Waals surface area contributed by atoms with Crippen LogP contribution in [0.15, 0.2) is 59.7 Å². The van der Waals surface area contributed by atoms with Gasteiger partial charge in [-0.1, -0.05) is 57.2 Å². The first-order valence-corrected chi connectivity index (χ1v) is 10.2. The fraction of sp³-hybridized carbons (Fsp3) is 0.458. The second-order valence-electron chi connectivity index (χ2n) is 7.76. The first-order valence-electron chi connectivity index (χ1n) is 10.2. The maximum Gasteiger partial charge on any atom is 0.118 e. The second kappa shape index (κ2) is 9.07. The zero-order valence-electron chi connectivity index (χ0n) is 16.9. The third-order valence-corrected chi connectivity index (χ3v) is 5.52. The summed E-state index contributed by atoms with van der Waals surface area (Å²) in [7, 11) is 1.70. The van der Waals surface area contributed by atoms with Crippen molar-refractivity contribution < 1.29 is 4.74 Å². The number of anilines is 1. The molecule has 0 bridgehead atoms. The van der Waals surface area contributed by atoms with Gasteiger partial charge in [-0.25, -0.2) is 0 Å². The van der Waals surface area contributed by atoms with Gasteiger partial charge in [0.05, 0.1) is 24.0 Å². The molecule has 1 aliphatic rings. The Morgan fingerprint density at radius 2 is 1.67 bits per heavy atom. The third kappa shape index (κ3) is 4.71. The highest BCUT2D eigenvalue weighted by molar-refractivity contribution is 6.03. The van der Waals surface area contributed by atoms with Crippen molar-refractivity contribution in [3.8, 4) is 5.75 Å². The maximum atomic E-state index is 5.30. The third-order valence-electron chi connectivity index (χ3n) is 5.52. The number of rotatable bonds is 9. The lowest BCUT2D eigenvalue weighted by Crippen LogP contribution is -2.39. The summed E-state index contributed by atoms with van der Waals surface area (Å²) in [6.45, 7) is 4.63. The van der Waals surface area contributed by atoms with Crippen molar-refractivity contribution in [2.75, 3.05) is 12.1 Å². The van der Waals surface area contributed by atoms with E-state index in [-0.39, 0.29) is 5.54 Å². The summed E-state index contributed by atoms with van der Waals surface area (Å²) in [5.74, 6) is 0.885. The summed E-state index contributed by atoms with van der Waals surface area (Å²) in [6.07, 6.45) is 8.67. The van der Waals surface area contributed by atoms with Crippen LogP contribution >= 0.6 is 0 Å². The molecule has 0 saturated carbocycles. The number of nitrogens with zero attached hydrogens (tertiary/aromatic N) is 2. The van der Waals surface area contributed by atoms with Gasteiger partial charge in [0.2, 0.25) is 0 Å². The Hall–Kier alpha value is -2.29. The average Bonchev–Trinajstić information content (AvgIpc) is 3.06. The van der Waals surface area contributed by atoms with Gasteiger partial charge in [-0.3, -0.25) is 5.01 Å². The van der Waals surface area contributed by atoms with Crippen LogP contribution in [0.3, 0.4) is 0 Å². The molecule has 2 aromatic rings. The van der Waals surface area contributed by atoms with E-state index in [0.29, 0.717) is 0 Å². The van der Waals surface area contributed by atoms with Gasteiger partial charge in [0.25, 0.3) is 0 Å². The summed E-state index contributed by atoms with van der Waals surface area (Å²) < 4.78 is 5.30. The van der Waals surface area contributed by atoms with Crippen molar-refractivity contribution in [1.29, 1.82) is 0 Å². The number of benzene rings is 2. The SMILES string of the molecule is CCCCCCCC1(C)CC(c2ccc(OC)cc2)=NN1c1ccccc1. The minimum atomic E-state index is 0.0306. The molecule has 1 unspecified atom stereocenters. The summed E-state index contributed by atoms with van der Waals surface area (Å²) in [5, 5.41) is 7.32. The first-order chi connectivity index (χ1) is 13.2. The van der Waals surface area contributed by atoms with Crippen molar-refractivity contribution >= 4 is 11.4 Å². The number of unbranched alkanes of at least 4 members (excludes halogenated alkanes) is 4. The lowest BCUT2D eigenvalue weighted by Gasteiger charge is -2.34. The molecule has 27 heavy (non-hydrogen) atoms. The molecule has 3 nitrogen and oxygen atoms in total. The molecular weight excluding hydrogens is 332 g/mol. The second-order valence-corrected chi connectivity index (χ2v) is 7.76. The molecule has 0 spiro atoms. The van der Waals surface area contributed by atoms with E-state index in [4.69, 9.17) is 9.84 Å². The van der Waals surface area contributed by atoms with Crippen LogP contribution in [0, 0.1) is 0 Å². The van der Waals surface area contributed by atoms with Gasteiger partial charge in [-0.2, -0.15) is 5.10 Å². The van der Waals surface area contributed by atoms with Crippen LogP contribution in [0.25, 0.3) is 0 Å². The van der Waals surface area contributed by atoms with Crippen LogP contribution in [0.5, 0.6) is 5.75 Å². The van der Waals surface area contributed by atoms with Gasteiger partial charge in [0.1, 0.15) is 5.75 Å². The number of ether oxygens (including phenoxy) is 1. The first kappa shape index (κ1) is 19.5. The maximum absolute atomic E-state index is 5.30. The molecule has 0 saturated heterocycles. The van der Waals surface area contributed by atoms with E-state index < -0.39 is 0 Å². The molecule has 0 N–H and O–H groups in total. The van der Waals surface area contributed by atoms with E-state index >= 15 is 0 Å². The fourth-order valence-electron chi connectivity index (χ4n) is 3.90. The molecule has 0 amide bonds. The monoisotopic (exact) mass is 364 g/mol. The zero-order valence-corrected chi connectivity index (χ0v) is 16.9. The van der Waals surface area contributed by atoms with E-state index in [9.17, 15) is 0 Å². The fourth-order valence-corrected chi connectivity index (χ4v) is 3.90. The number of methoxy groups -OCH3 is 1. The molecular formula is C24H32N2O. The lowest BCUT2D eigenvalue weighted by atomic mass is 9.87. The lowest BCUT2D eigenvalue weighted by molar-refractivity contribution is 0.407. The van der Waals surface area contributed by atoms with Crippen LogP contribution < -0.4 is 9.75 Å². The average molecular weight is 365 g/mol. The van der Waals surface area contributed by atoms with Crippen LogP contribution in [-0.4, -0.2) is 18.4 Å². The van der Waals surface area contributed by atoms with E-state index in [1.807, 2.05) is 12.1 Å². The standard InChI is InChI=1S/C24H32N2O/c1-4-5-6-7-11-18-24(2)19-23(20-14-16-22(27-3)17-15-20)25-26(24)21-12-9-8-10-13-21/h8-10,12-17H,4-7,11,18-19H2,1-3H3. The van der Waals surface area contributed by atoms with Crippen molar-refractivity contribution in [2.45, 2.75) is 64.3 Å². The van der Waals surface area contributed by atoms with Gasteiger partial charge in [-0.15, -0.1) is 0 Å². The smallest absolute Gasteiger partial charge is 0.118 e. The zero-order chi connectivity index (χ0) is 19.1. The highest BCUT2D eigenvalue weighted by atomic mass is 16.5. The van der Waals surface area contributed by atoms with Gasteiger partial charge >= 0.3 is 0 Å². The predicted molar refractivity (Wildman–Crippen MR) is 115 cm³/mol. The summed E-state index contributed by atoms with van der Waals surface area (Å²) >= 11 is 0. The molecule has 0 fully saturated rings. The Balaban J connectivity index is 1.80. The molecule has 3 heteroatoms. The van der Waals surface area contributed by atoms with E-state index in [1.54, 1.807) is 7.11 Å². The molecule has 3 rings (SSSR count). The van der Waals surface area contributed by atoms with E-state index in [1.165, 1.54) is 43.4 Å². The van der Waals surface area contributed by atoms with Gasteiger partial charge in [0, 0.05) is 6.42 Å². The summed E-state index contributed by atoms with van der Waals surface area (Å²) in [5.41, 5.74) is 3.56. The molecule has 1 aliphatic heterocycles. The minimum Gasteiger partial charge on any atom is -0.497 e. The van der Waals surface area contributed by atoms with Crippen molar-refractivity contribution in [3.05, 3.63) is 60.2 Å². The normalized spacial score (nSPS) is 19.2. The molecule has 144 valence electrons. The Labute approximate surface area is 164 Å². The van der Waals surface area contributed by atoms with Crippen molar-refractivity contribution in [2.24, 2.45) is 5.10 Å². The Morgan fingerprint density at radius 3 is 2.33 bits per heavy atom. The van der Waals surface area contributed by atoms with Gasteiger partial charge in [0.15, 0.2) is 0 Å². The number of para-hydroxylation sites is 1. The molecule has 1 heterocycles. The minimum absolute atomic E-state index is 0.0306. The Kier molecular flexibility index (Phi) is 6.54. The van der Waals surface area contributed by atoms with Crippen molar-refractivity contribution in [3.63, 3.8) is 0 Å². The number of hydrogen-bond donors (Lipinski definition) is 0. The van der Waals surface area contributed by atoms with E-state index in [2.05, 4.69) is 61.3 Å². The Morgan fingerprint density at radius 1 is 0.963 bits per heavy atom. The Bertz CT molecular complexity index is 739. The number of hydrazone groups is 1. The molecule has 0 aromatic heterocycles. The summed E-state index contributed by atoms with van der Waals surface area (Å²) in [4.78, 5) is 0. The van der Waals surface area contributed by atoms with Crippen LogP contribution in [-0.2, 0) is 0 Å². The van der Waals surface area contributed by atoms with E-state index in [0.717, 1.165) is 24.3 Å². The molecule has 0 aliphatic carbocycles. The van der Waals surface area contributed by atoms with Gasteiger partial charge in [-0.05, 0) is 55.3 Å². The van der Waals surface area contributed by atoms with Crippen LogP contribution in [0.2, 0.25) is 0 Å². The highest BCUT2D eigenvalue weighted by Crippen LogP contribution is 2.38. The van der Waals surface area contributed by atoms with Crippen LogP contribution in [0.4, 0.5) is 5.69 Å². The van der Waals surface area contributed by atoms with Crippen LogP contribution in [0.1, 0.15) is 64.4 Å². The molecule has 1 atom stereocenters. The van der Waals surface area contributed by atoms with Gasteiger partial charge < -0.3 is 4.74 Å². The van der Waals surface area contributed by atoms with Crippen molar-refractivity contribution in [1.82, 2.24) is 0 Å². The summed E-state index contributed by atoms with van der Waals surface area (Å²) in [6, 6.07) is 18.9. The largest absolute Gasteiger partial charge is 0.497 e. The quantitative estimate of drug-likeness (QED) is 0.479.